The molecule has 0 aliphatic carbocycles. The van der Waals surface area contributed by atoms with E-state index in [1.54, 1.807) is 0 Å². The molecule has 0 N–H and O–H groups in total. The Balaban J connectivity index is 3.04. The van der Waals surface area contributed by atoms with E-state index in [4.69, 9.17) is 17.1 Å². The van der Waals surface area contributed by atoms with Crippen molar-refractivity contribution in [2.24, 2.45) is 5.11 Å². The maximum Gasteiger partial charge on any atom is 0.338 e. The number of azide groups is 1. The van der Waals surface area contributed by atoms with E-state index >= 15 is 0 Å². The molecular formula is C8H7ClN4O2. The van der Waals surface area contributed by atoms with Gasteiger partial charge in [-0.2, -0.15) is 0 Å². The van der Waals surface area contributed by atoms with Crippen LogP contribution in [0, 0.1) is 0 Å². The van der Waals surface area contributed by atoms with E-state index in [0.29, 0.717) is 5.69 Å². The summed E-state index contributed by atoms with van der Waals surface area (Å²) in [6.07, 6.45) is 0. The fourth-order valence-corrected chi connectivity index (χ4v) is 1.20. The van der Waals surface area contributed by atoms with Crippen molar-refractivity contribution in [1.29, 1.82) is 0 Å². The molecule has 1 aromatic rings. The van der Waals surface area contributed by atoms with Gasteiger partial charge in [0.1, 0.15) is 5.15 Å². The molecule has 0 saturated carbocycles. The molecule has 78 valence electrons. The number of ether oxygens (including phenoxy) is 1. The maximum atomic E-state index is 11.2. The molecule has 7 heteroatoms. The maximum absolute atomic E-state index is 11.2. The molecule has 0 bridgehead atoms. The predicted molar refractivity (Wildman–Crippen MR) is 53.4 cm³/mol. The largest absolute Gasteiger partial charge is 0.465 e. The Morgan fingerprint density at radius 1 is 1.73 bits per heavy atom. The molecule has 6 nitrogen and oxygen atoms in total. The van der Waals surface area contributed by atoms with Crippen molar-refractivity contribution in [2.45, 2.75) is 6.54 Å². The zero-order chi connectivity index (χ0) is 11.3. The molecule has 0 spiro atoms. The summed E-state index contributed by atoms with van der Waals surface area (Å²) in [5, 5.41) is 3.47. The van der Waals surface area contributed by atoms with Crippen LogP contribution in [-0.2, 0) is 11.3 Å². The van der Waals surface area contributed by atoms with Crippen LogP contribution in [0.15, 0.2) is 17.2 Å². The molecule has 0 radical (unpaired) electrons. The van der Waals surface area contributed by atoms with Crippen LogP contribution in [0.2, 0.25) is 5.15 Å². The Kier molecular flexibility index (Phi) is 3.91. The summed E-state index contributed by atoms with van der Waals surface area (Å²) < 4.78 is 4.52. The van der Waals surface area contributed by atoms with Crippen LogP contribution in [0.1, 0.15) is 16.1 Å². The third-order valence-corrected chi connectivity index (χ3v) is 1.76. The quantitative estimate of drug-likeness (QED) is 0.260. The Morgan fingerprint density at radius 3 is 3.07 bits per heavy atom. The Labute approximate surface area is 90.5 Å². The normalized spacial score (nSPS) is 9.20. The fraction of sp³-hybridized carbons (Fsp3) is 0.250. The Bertz CT molecular complexity index is 429. The number of carbonyl (C=O) groups is 1. The van der Waals surface area contributed by atoms with Crippen molar-refractivity contribution in [3.05, 3.63) is 39.0 Å². The first-order chi connectivity index (χ1) is 7.17. The number of esters is 1. The molecule has 0 aliphatic rings. The summed E-state index contributed by atoms with van der Waals surface area (Å²) >= 11 is 5.68. The Hall–Kier alpha value is -1.78. The van der Waals surface area contributed by atoms with E-state index in [9.17, 15) is 4.79 Å². The van der Waals surface area contributed by atoms with Crippen LogP contribution in [-0.4, -0.2) is 18.1 Å². The molecule has 0 fully saturated rings. The van der Waals surface area contributed by atoms with Gasteiger partial charge in [-0.3, -0.25) is 0 Å². The van der Waals surface area contributed by atoms with Gasteiger partial charge >= 0.3 is 5.97 Å². The van der Waals surface area contributed by atoms with Gasteiger partial charge in [0.25, 0.3) is 0 Å². The first-order valence-corrected chi connectivity index (χ1v) is 4.31. The zero-order valence-corrected chi connectivity index (χ0v) is 8.60. The van der Waals surface area contributed by atoms with Gasteiger partial charge in [0, 0.05) is 10.6 Å². The summed E-state index contributed by atoms with van der Waals surface area (Å²) in [5.41, 5.74) is 8.82. The van der Waals surface area contributed by atoms with Gasteiger partial charge in [-0.15, -0.1) is 0 Å². The highest BCUT2D eigenvalue weighted by atomic mass is 35.5. The van der Waals surface area contributed by atoms with E-state index in [1.165, 1.54) is 19.2 Å². The second-order valence-electron chi connectivity index (χ2n) is 2.55. The smallest absolute Gasteiger partial charge is 0.338 e. The number of carbonyl (C=O) groups excluding carboxylic acids is 1. The van der Waals surface area contributed by atoms with Gasteiger partial charge in [0.15, 0.2) is 0 Å². The number of pyridine rings is 1. The lowest BCUT2D eigenvalue weighted by atomic mass is 10.2. The first-order valence-electron chi connectivity index (χ1n) is 3.93. The fourth-order valence-electron chi connectivity index (χ4n) is 0.972. The van der Waals surface area contributed by atoms with Gasteiger partial charge in [-0.1, -0.05) is 16.7 Å². The highest BCUT2D eigenvalue weighted by Gasteiger charge is 2.08. The third kappa shape index (κ3) is 3.12. The number of hydrogen-bond donors (Lipinski definition) is 0. The van der Waals surface area contributed by atoms with Gasteiger partial charge in [-0.25, -0.2) is 9.78 Å². The second-order valence-corrected chi connectivity index (χ2v) is 2.94. The summed E-state index contributed by atoms with van der Waals surface area (Å²) in [5.74, 6) is -0.513. The van der Waals surface area contributed by atoms with Crippen LogP contribution >= 0.6 is 11.6 Å². The summed E-state index contributed by atoms with van der Waals surface area (Å²) in [7, 11) is 1.27. The van der Waals surface area contributed by atoms with Crippen molar-refractivity contribution in [2.75, 3.05) is 7.11 Å². The topological polar surface area (TPSA) is 88.0 Å². The molecule has 1 aromatic heterocycles. The first kappa shape index (κ1) is 11.3. The number of halogens is 1. The SMILES string of the molecule is COC(=O)c1cc(Cl)nc(CN=[N+]=[N-])c1. The number of hydrogen-bond acceptors (Lipinski definition) is 4. The van der Waals surface area contributed by atoms with Crippen LogP contribution in [0.4, 0.5) is 0 Å². The highest BCUT2D eigenvalue weighted by Crippen LogP contribution is 2.12. The lowest BCUT2D eigenvalue weighted by Crippen LogP contribution is -2.03. The lowest BCUT2D eigenvalue weighted by Gasteiger charge is -2.02. The van der Waals surface area contributed by atoms with Crippen LogP contribution < -0.4 is 0 Å². The van der Waals surface area contributed by atoms with Crippen molar-refractivity contribution in [3.63, 3.8) is 0 Å². The van der Waals surface area contributed by atoms with Crippen molar-refractivity contribution < 1.29 is 9.53 Å². The average Bonchev–Trinajstić information content (AvgIpc) is 2.24. The van der Waals surface area contributed by atoms with E-state index in [1.807, 2.05) is 0 Å². The van der Waals surface area contributed by atoms with E-state index in [2.05, 4.69) is 19.7 Å². The molecule has 0 saturated heterocycles. The van der Waals surface area contributed by atoms with Crippen LogP contribution in [0.25, 0.3) is 10.4 Å². The number of nitrogens with zero attached hydrogens (tertiary/aromatic N) is 4. The minimum atomic E-state index is -0.513. The number of aromatic nitrogens is 1. The zero-order valence-electron chi connectivity index (χ0n) is 7.85. The average molecular weight is 227 g/mol. The van der Waals surface area contributed by atoms with Crippen molar-refractivity contribution >= 4 is 17.6 Å². The molecule has 0 atom stereocenters. The molecule has 0 aliphatic heterocycles. The van der Waals surface area contributed by atoms with Crippen molar-refractivity contribution in [3.8, 4) is 0 Å². The predicted octanol–water partition coefficient (Wildman–Crippen LogP) is 2.33. The van der Waals surface area contributed by atoms with Gasteiger partial charge in [0.05, 0.1) is 19.2 Å². The van der Waals surface area contributed by atoms with Crippen LogP contribution in [0.5, 0.6) is 0 Å². The molecular weight excluding hydrogens is 220 g/mol. The van der Waals surface area contributed by atoms with Crippen LogP contribution in [0.3, 0.4) is 0 Å². The van der Waals surface area contributed by atoms with E-state index in [-0.39, 0.29) is 17.3 Å². The van der Waals surface area contributed by atoms with Gasteiger partial charge in [-0.05, 0) is 17.7 Å². The van der Waals surface area contributed by atoms with Gasteiger partial charge in [0.2, 0.25) is 0 Å². The molecule has 0 unspecified atom stereocenters. The standard InChI is InChI=1S/C8H7ClN4O2/c1-15-8(14)5-2-6(4-11-13-10)12-7(9)3-5/h2-3H,4H2,1H3. The number of methoxy groups -OCH3 is 1. The summed E-state index contributed by atoms with van der Waals surface area (Å²) in [6.45, 7) is 0.0427. The molecule has 1 rings (SSSR count). The third-order valence-electron chi connectivity index (χ3n) is 1.56. The molecule has 0 aromatic carbocycles. The summed E-state index contributed by atoms with van der Waals surface area (Å²) in [6, 6.07) is 2.85. The molecule has 1 heterocycles. The monoisotopic (exact) mass is 226 g/mol. The highest BCUT2D eigenvalue weighted by molar-refractivity contribution is 6.29. The van der Waals surface area contributed by atoms with Crippen molar-refractivity contribution in [1.82, 2.24) is 4.98 Å². The van der Waals surface area contributed by atoms with E-state index in [0.717, 1.165) is 0 Å². The number of rotatable bonds is 3. The minimum absolute atomic E-state index is 0.0427. The van der Waals surface area contributed by atoms with Gasteiger partial charge < -0.3 is 4.74 Å². The Morgan fingerprint density at radius 2 is 2.47 bits per heavy atom. The minimum Gasteiger partial charge on any atom is -0.465 e. The molecule has 0 amide bonds. The second kappa shape index (κ2) is 5.19. The van der Waals surface area contributed by atoms with E-state index < -0.39 is 5.97 Å². The lowest BCUT2D eigenvalue weighted by molar-refractivity contribution is 0.0600. The summed E-state index contributed by atoms with van der Waals surface area (Å²) in [4.78, 5) is 17.6. The molecule has 15 heavy (non-hydrogen) atoms.